The van der Waals surface area contributed by atoms with Crippen molar-refractivity contribution in [3.8, 4) is 0 Å². The number of hydrogen-bond donors (Lipinski definition) is 2. The van der Waals surface area contributed by atoms with E-state index in [2.05, 4.69) is 38.6 Å². The number of carbonyl (C=O) groups is 1. The second-order valence-electron chi connectivity index (χ2n) is 10.3. The molecule has 204 valence electrons. The molecule has 0 aliphatic carbocycles. The van der Waals surface area contributed by atoms with Crippen molar-refractivity contribution in [3.05, 3.63) is 82.2 Å². The summed E-state index contributed by atoms with van der Waals surface area (Å²) in [5.41, 5.74) is 5.43. The zero-order valence-corrected chi connectivity index (χ0v) is 23.0. The molecule has 0 aliphatic heterocycles. The minimum atomic E-state index is -0.390. The van der Waals surface area contributed by atoms with Gasteiger partial charge < -0.3 is 14.9 Å². The second-order valence-corrected chi connectivity index (χ2v) is 10.3. The molecular formula is C32H45FO4. The van der Waals surface area contributed by atoms with Crippen LogP contribution in [0.3, 0.4) is 0 Å². The van der Waals surface area contributed by atoms with Gasteiger partial charge in [0.1, 0.15) is 5.82 Å². The lowest BCUT2D eigenvalue weighted by Gasteiger charge is -2.29. The Balaban J connectivity index is 1.90. The van der Waals surface area contributed by atoms with Crippen LogP contribution in [0.1, 0.15) is 80.7 Å². The first-order valence-electron chi connectivity index (χ1n) is 13.7. The fourth-order valence-corrected chi connectivity index (χ4v) is 4.88. The molecule has 0 bridgehead atoms. The zero-order chi connectivity index (χ0) is 27.3. The summed E-state index contributed by atoms with van der Waals surface area (Å²) >= 11 is 0. The SMILES string of the molecule is C=C(C)C(=O)OCCCc1ccc(CCc2ccc(CCCC(CO)(CO)CCC)cc2CC)c(F)c1. The number of carbonyl (C=O) groups excluding carboxylic acids is 1. The van der Waals surface area contributed by atoms with E-state index in [0.29, 0.717) is 37.0 Å². The molecule has 4 nitrogen and oxygen atoms in total. The highest BCUT2D eigenvalue weighted by atomic mass is 19.1. The molecule has 0 fully saturated rings. The average molecular weight is 513 g/mol. The lowest BCUT2D eigenvalue weighted by Crippen LogP contribution is -2.29. The molecule has 5 heteroatoms. The summed E-state index contributed by atoms with van der Waals surface area (Å²) in [5.74, 6) is -0.576. The maximum absolute atomic E-state index is 14.8. The maximum atomic E-state index is 14.8. The summed E-state index contributed by atoms with van der Waals surface area (Å²) in [4.78, 5) is 11.4. The molecular weight excluding hydrogens is 467 g/mol. The molecule has 2 N–H and O–H groups in total. The molecule has 0 radical (unpaired) electrons. The molecule has 0 atom stereocenters. The highest BCUT2D eigenvalue weighted by Crippen LogP contribution is 2.30. The number of rotatable bonds is 17. The van der Waals surface area contributed by atoms with Gasteiger partial charge in [-0.2, -0.15) is 0 Å². The summed E-state index contributed by atoms with van der Waals surface area (Å²) in [6, 6.07) is 12.0. The number of aliphatic hydroxyl groups excluding tert-OH is 2. The van der Waals surface area contributed by atoms with E-state index < -0.39 is 5.97 Å². The fraction of sp³-hybridized carbons (Fsp3) is 0.531. The van der Waals surface area contributed by atoms with E-state index in [1.165, 1.54) is 16.7 Å². The van der Waals surface area contributed by atoms with Crippen LogP contribution in [0.25, 0.3) is 0 Å². The highest BCUT2D eigenvalue weighted by Gasteiger charge is 2.27. The van der Waals surface area contributed by atoms with Crippen molar-refractivity contribution in [2.24, 2.45) is 5.41 Å². The summed E-state index contributed by atoms with van der Waals surface area (Å²) in [6.45, 7) is 9.76. The smallest absolute Gasteiger partial charge is 0.333 e. The molecule has 0 saturated heterocycles. The number of aryl methyl sites for hydroxylation is 5. The van der Waals surface area contributed by atoms with Crippen LogP contribution < -0.4 is 0 Å². The molecule has 0 unspecified atom stereocenters. The lowest BCUT2D eigenvalue weighted by molar-refractivity contribution is -0.139. The monoisotopic (exact) mass is 512 g/mol. The summed E-state index contributed by atoms with van der Waals surface area (Å²) in [7, 11) is 0. The van der Waals surface area contributed by atoms with Crippen LogP contribution in [0.15, 0.2) is 48.6 Å². The van der Waals surface area contributed by atoms with Gasteiger partial charge in [0.05, 0.1) is 19.8 Å². The lowest BCUT2D eigenvalue weighted by atomic mass is 9.80. The van der Waals surface area contributed by atoms with Crippen LogP contribution in [0.5, 0.6) is 0 Å². The number of halogens is 1. The van der Waals surface area contributed by atoms with Gasteiger partial charge in [-0.1, -0.05) is 57.2 Å². The van der Waals surface area contributed by atoms with Crippen LogP contribution in [0.4, 0.5) is 4.39 Å². The second kappa shape index (κ2) is 15.7. The molecule has 2 aromatic carbocycles. The number of aliphatic hydroxyl groups is 2. The predicted octanol–water partition coefficient (Wildman–Crippen LogP) is 6.32. The van der Waals surface area contributed by atoms with E-state index in [9.17, 15) is 19.4 Å². The maximum Gasteiger partial charge on any atom is 0.333 e. The van der Waals surface area contributed by atoms with Gasteiger partial charge in [-0.15, -0.1) is 0 Å². The minimum absolute atomic E-state index is 0.0267. The van der Waals surface area contributed by atoms with E-state index in [1.807, 2.05) is 12.1 Å². The predicted molar refractivity (Wildman–Crippen MR) is 148 cm³/mol. The molecule has 0 spiro atoms. The van der Waals surface area contributed by atoms with Gasteiger partial charge >= 0.3 is 5.97 Å². The van der Waals surface area contributed by atoms with Gasteiger partial charge in [-0.3, -0.25) is 0 Å². The van der Waals surface area contributed by atoms with Crippen LogP contribution in [-0.2, 0) is 41.6 Å². The van der Waals surface area contributed by atoms with Crippen molar-refractivity contribution in [1.82, 2.24) is 0 Å². The van der Waals surface area contributed by atoms with Gasteiger partial charge in [-0.25, -0.2) is 9.18 Å². The van der Waals surface area contributed by atoms with Crippen molar-refractivity contribution in [2.45, 2.75) is 85.0 Å². The molecule has 37 heavy (non-hydrogen) atoms. The molecule has 2 rings (SSSR count). The molecule has 0 amide bonds. The van der Waals surface area contributed by atoms with Crippen molar-refractivity contribution < 1.29 is 24.1 Å². The number of ether oxygens (including phenoxy) is 1. The number of hydrogen-bond acceptors (Lipinski definition) is 4. The Morgan fingerprint density at radius 1 is 0.892 bits per heavy atom. The quantitative estimate of drug-likeness (QED) is 0.148. The van der Waals surface area contributed by atoms with Gasteiger partial charge in [-0.05, 0) is 98.6 Å². The van der Waals surface area contributed by atoms with Gasteiger partial charge in [0.2, 0.25) is 0 Å². The molecule has 2 aromatic rings. The molecule has 0 aliphatic rings. The highest BCUT2D eigenvalue weighted by molar-refractivity contribution is 5.86. The first-order chi connectivity index (χ1) is 17.8. The van der Waals surface area contributed by atoms with Gasteiger partial charge in [0.25, 0.3) is 0 Å². The first kappa shape index (κ1) is 30.7. The van der Waals surface area contributed by atoms with Crippen molar-refractivity contribution in [2.75, 3.05) is 19.8 Å². The third-order valence-electron chi connectivity index (χ3n) is 7.25. The standard InChI is InChI=1S/C32H45FO4/c1-5-17-32(22-34,23-35)18-7-9-25-11-13-28(27(6-2)20-25)15-16-29-14-12-26(21-30(29)33)10-8-19-37-31(36)24(3)4/h11-14,20-21,34-35H,3,5-10,15-19,22-23H2,1-2,4H3. The largest absolute Gasteiger partial charge is 0.462 e. The van der Waals surface area contributed by atoms with Gasteiger partial charge in [0, 0.05) is 11.0 Å². The number of esters is 1. The van der Waals surface area contributed by atoms with E-state index in [0.717, 1.165) is 50.5 Å². The van der Waals surface area contributed by atoms with E-state index in [1.54, 1.807) is 13.0 Å². The Hall–Kier alpha value is -2.50. The third kappa shape index (κ3) is 9.71. The normalized spacial score (nSPS) is 11.5. The van der Waals surface area contributed by atoms with Crippen LogP contribution in [-0.4, -0.2) is 36.0 Å². The average Bonchev–Trinajstić information content (AvgIpc) is 2.90. The Kier molecular flexibility index (Phi) is 13.0. The Labute approximate surface area is 222 Å². The summed E-state index contributed by atoms with van der Waals surface area (Å²) in [6.07, 6.45) is 8.08. The fourth-order valence-electron chi connectivity index (χ4n) is 4.88. The van der Waals surface area contributed by atoms with Crippen LogP contribution in [0.2, 0.25) is 0 Å². The van der Waals surface area contributed by atoms with E-state index >= 15 is 0 Å². The Morgan fingerprint density at radius 3 is 2.11 bits per heavy atom. The summed E-state index contributed by atoms with van der Waals surface area (Å²) in [5, 5.41) is 19.6. The van der Waals surface area contributed by atoms with Gasteiger partial charge in [0.15, 0.2) is 0 Å². The topological polar surface area (TPSA) is 66.8 Å². The Bertz CT molecular complexity index is 1010. The third-order valence-corrected chi connectivity index (χ3v) is 7.25. The molecule has 0 heterocycles. The van der Waals surface area contributed by atoms with Crippen molar-refractivity contribution >= 4 is 5.97 Å². The van der Waals surface area contributed by atoms with Crippen LogP contribution >= 0.6 is 0 Å². The van der Waals surface area contributed by atoms with E-state index in [4.69, 9.17) is 4.74 Å². The van der Waals surface area contributed by atoms with Crippen molar-refractivity contribution in [1.29, 1.82) is 0 Å². The minimum Gasteiger partial charge on any atom is -0.462 e. The first-order valence-corrected chi connectivity index (χ1v) is 13.7. The van der Waals surface area contributed by atoms with Crippen molar-refractivity contribution in [3.63, 3.8) is 0 Å². The molecule has 0 saturated carbocycles. The van der Waals surface area contributed by atoms with E-state index in [-0.39, 0.29) is 24.4 Å². The zero-order valence-electron chi connectivity index (χ0n) is 23.0. The molecule has 0 aromatic heterocycles. The van der Waals surface area contributed by atoms with Crippen LogP contribution in [0, 0.1) is 11.2 Å². The number of benzene rings is 2. The summed E-state index contributed by atoms with van der Waals surface area (Å²) < 4.78 is 19.9. The Morgan fingerprint density at radius 2 is 1.51 bits per heavy atom.